The number of likely N-dealkylation sites (tertiary alicyclic amines) is 1. The highest BCUT2D eigenvalue weighted by atomic mass is 35.5. The number of nitrogens with one attached hydrogen (secondary N) is 1. The Morgan fingerprint density at radius 2 is 1.86 bits per heavy atom. The van der Waals surface area contributed by atoms with E-state index in [1.807, 2.05) is 4.90 Å². The zero-order valence-corrected chi connectivity index (χ0v) is 18.4. The fourth-order valence-electron chi connectivity index (χ4n) is 4.31. The smallest absolute Gasteiger partial charge is 0.257 e. The lowest BCUT2D eigenvalue weighted by Crippen LogP contribution is -2.33. The van der Waals surface area contributed by atoms with Crippen molar-refractivity contribution in [2.24, 2.45) is 5.92 Å². The highest BCUT2D eigenvalue weighted by Crippen LogP contribution is 2.40. The number of hydrogen-bond acceptors (Lipinski definition) is 3. The van der Waals surface area contributed by atoms with Crippen LogP contribution in [0.5, 0.6) is 0 Å². The molecule has 1 N–H and O–H groups in total. The van der Waals surface area contributed by atoms with Crippen molar-refractivity contribution >= 4 is 39.8 Å². The quantitative estimate of drug-likeness (QED) is 0.669. The van der Waals surface area contributed by atoms with Gasteiger partial charge in [-0.1, -0.05) is 43.5 Å². The van der Waals surface area contributed by atoms with Crippen molar-refractivity contribution in [3.8, 4) is 0 Å². The van der Waals surface area contributed by atoms with Gasteiger partial charge in [-0.25, -0.2) is 0 Å². The number of carbonyl (C=O) groups excluding carboxylic acids is 2. The number of rotatable bonds is 3. The van der Waals surface area contributed by atoms with Crippen LogP contribution in [0.2, 0.25) is 5.02 Å². The van der Waals surface area contributed by atoms with Gasteiger partial charge in [-0.3, -0.25) is 9.59 Å². The predicted octanol–water partition coefficient (Wildman–Crippen LogP) is 5.79. The number of carbonyl (C=O) groups is 2. The highest BCUT2D eigenvalue weighted by Gasteiger charge is 2.31. The molecule has 0 radical (unpaired) electrons. The number of halogens is 1. The Kier molecular flexibility index (Phi) is 6.26. The number of anilines is 1. The maximum atomic E-state index is 13.5. The second-order valence-corrected chi connectivity index (χ2v) is 9.71. The topological polar surface area (TPSA) is 49.4 Å². The van der Waals surface area contributed by atoms with E-state index in [0.29, 0.717) is 21.5 Å². The van der Waals surface area contributed by atoms with Crippen molar-refractivity contribution < 1.29 is 9.59 Å². The average molecular weight is 431 g/mol. The number of thiophene rings is 1. The molecular formula is C23H27ClN2O2S. The molecule has 1 aliphatic carbocycles. The minimum absolute atomic E-state index is 0.0772. The summed E-state index contributed by atoms with van der Waals surface area (Å²) < 4.78 is 0. The normalized spacial score (nSPS) is 19.4. The third kappa shape index (κ3) is 4.36. The second kappa shape index (κ2) is 8.88. The van der Waals surface area contributed by atoms with E-state index in [9.17, 15) is 9.59 Å². The monoisotopic (exact) mass is 430 g/mol. The Morgan fingerprint density at radius 3 is 2.59 bits per heavy atom. The second-order valence-electron chi connectivity index (χ2n) is 8.20. The Labute approximate surface area is 181 Å². The molecule has 2 aliphatic rings. The first-order valence-corrected chi connectivity index (χ1v) is 11.7. The molecule has 154 valence electrons. The summed E-state index contributed by atoms with van der Waals surface area (Å²) in [6, 6.07) is 7.02. The Balaban J connectivity index is 1.68. The third-order valence-electron chi connectivity index (χ3n) is 5.96. The summed E-state index contributed by atoms with van der Waals surface area (Å²) in [5, 5.41) is 4.12. The van der Waals surface area contributed by atoms with Gasteiger partial charge in [0, 0.05) is 18.0 Å². The van der Waals surface area contributed by atoms with Gasteiger partial charge in [-0.2, -0.15) is 0 Å². The first kappa shape index (κ1) is 20.4. The summed E-state index contributed by atoms with van der Waals surface area (Å²) in [4.78, 5) is 29.7. The van der Waals surface area contributed by atoms with Gasteiger partial charge in [0.15, 0.2) is 0 Å². The van der Waals surface area contributed by atoms with E-state index in [1.54, 1.807) is 35.6 Å². The van der Waals surface area contributed by atoms with Crippen LogP contribution in [0.15, 0.2) is 24.3 Å². The standard InChI is InChI=1S/C23H27ClN2O2S/c1-15-10-11-17-19(14-15)29-22(25-21(27)16-8-4-5-9-18(16)24)20(17)23(28)26-12-6-2-3-7-13-26/h4-5,8-9,15H,2-3,6-7,10-14H2,1H3,(H,25,27)/t15-/m0/s1. The van der Waals surface area contributed by atoms with Crippen LogP contribution < -0.4 is 5.32 Å². The van der Waals surface area contributed by atoms with Crippen LogP contribution in [-0.2, 0) is 12.8 Å². The zero-order valence-electron chi connectivity index (χ0n) is 16.8. The molecule has 2 heterocycles. The summed E-state index contributed by atoms with van der Waals surface area (Å²) >= 11 is 7.78. The molecule has 2 amide bonds. The molecule has 4 rings (SSSR count). The minimum Gasteiger partial charge on any atom is -0.339 e. The fraction of sp³-hybridized carbons (Fsp3) is 0.478. The molecule has 1 atom stereocenters. The fourth-order valence-corrected chi connectivity index (χ4v) is 5.93. The molecule has 1 aromatic carbocycles. The summed E-state index contributed by atoms with van der Waals surface area (Å²) in [5.41, 5.74) is 2.30. The summed E-state index contributed by atoms with van der Waals surface area (Å²) in [6.45, 7) is 3.86. The van der Waals surface area contributed by atoms with Gasteiger partial charge in [-0.15, -0.1) is 11.3 Å². The van der Waals surface area contributed by atoms with Crippen LogP contribution >= 0.6 is 22.9 Å². The number of nitrogens with zero attached hydrogens (tertiary/aromatic N) is 1. The van der Waals surface area contributed by atoms with Crippen LogP contribution in [0.1, 0.15) is 70.2 Å². The average Bonchev–Trinajstić information content (AvgIpc) is 2.87. The van der Waals surface area contributed by atoms with Crippen LogP contribution in [-0.4, -0.2) is 29.8 Å². The summed E-state index contributed by atoms with van der Waals surface area (Å²) in [5.74, 6) is 0.426. The van der Waals surface area contributed by atoms with Crippen molar-refractivity contribution in [2.75, 3.05) is 18.4 Å². The maximum absolute atomic E-state index is 13.5. The van der Waals surface area contributed by atoms with Crippen molar-refractivity contribution in [1.29, 1.82) is 0 Å². The van der Waals surface area contributed by atoms with E-state index in [4.69, 9.17) is 11.6 Å². The van der Waals surface area contributed by atoms with E-state index < -0.39 is 0 Å². The Morgan fingerprint density at radius 1 is 1.14 bits per heavy atom. The van der Waals surface area contributed by atoms with Gasteiger partial charge in [0.05, 0.1) is 16.1 Å². The van der Waals surface area contributed by atoms with E-state index in [1.165, 1.54) is 17.7 Å². The van der Waals surface area contributed by atoms with Crippen LogP contribution in [0, 0.1) is 5.92 Å². The molecule has 6 heteroatoms. The SMILES string of the molecule is C[C@H]1CCc2c(sc(NC(=O)c3ccccc3Cl)c2C(=O)N2CCCCCC2)C1. The molecule has 1 saturated heterocycles. The molecule has 4 nitrogen and oxygen atoms in total. The molecule has 0 spiro atoms. The molecule has 29 heavy (non-hydrogen) atoms. The van der Waals surface area contributed by atoms with Crippen molar-refractivity contribution in [1.82, 2.24) is 4.90 Å². The lowest BCUT2D eigenvalue weighted by Gasteiger charge is -2.23. The first-order valence-electron chi connectivity index (χ1n) is 10.5. The largest absolute Gasteiger partial charge is 0.339 e. The van der Waals surface area contributed by atoms with Crippen LogP contribution in [0.4, 0.5) is 5.00 Å². The van der Waals surface area contributed by atoms with E-state index in [2.05, 4.69) is 12.2 Å². The number of hydrogen-bond donors (Lipinski definition) is 1. The van der Waals surface area contributed by atoms with Gasteiger partial charge in [0.1, 0.15) is 5.00 Å². The highest BCUT2D eigenvalue weighted by molar-refractivity contribution is 7.17. The lowest BCUT2D eigenvalue weighted by molar-refractivity contribution is 0.0761. The number of amides is 2. The van der Waals surface area contributed by atoms with Crippen molar-refractivity contribution in [3.05, 3.63) is 50.9 Å². The molecule has 2 aromatic rings. The molecule has 0 saturated carbocycles. The molecule has 1 aromatic heterocycles. The Bertz CT molecular complexity index is 916. The van der Waals surface area contributed by atoms with E-state index >= 15 is 0 Å². The molecule has 0 bridgehead atoms. The first-order chi connectivity index (χ1) is 14.0. The summed E-state index contributed by atoms with van der Waals surface area (Å²) in [7, 11) is 0. The predicted molar refractivity (Wildman–Crippen MR) is 119 cm³/mol. The molecular weight excluding hydrogens is 404 g/mol. The van der Waals surface area contributed by atoms with Gasteiger partial charge >= 0.3 is 0 Å². The van der Waals surface area contributed by atoms with Crippen LogP contribution in [0.3, 0.4) is 0 Å². The van der Waals surface area contributed by atoms with Gasteiger partial charge in [0.25, 0.3) is 11.8 Å². The van der Waals surface area contributed by atoms with E-state index in [0.717, 1.165) is 56.3 Å². The lowest BCUT2D eigenvalue weighted by atomic mass is 9.88. The van der Waals surface area contributed by atoms with Crippen molar-refractivity contribution in [2.45, 2.75) is 51.9 Å². The van der Waals surface area contributed by atoms with E-state index in [-0.39, 0.29) is 11.8 Å². The van der Waals surface area contributed by atoms with Gasteiger partial charge in [-0.05, 0) is 55.7 Å². The van der Waals surface area contributed by atoms with Crippen LogP contribution in [0.25, 0.3) is 0 Å². The summed E-state index contributed by atoms with van der Waals surface area (Å²) in [6.07, 6.45) is 7.43. The molecule has 1 aliphatic heterocycles. The number of benzene rings is 1. The third-order valence-corrected chi connectivity index (χ3v) is 7.46. The molecule has 0 unspecified atom stereocenters. The maximum Gasteiger partial charge on any atom is 0.257 e. The van der Waals surface area contributed by atoms with Gasteiger partial charge in [0.2, 0.25) is 0 Å². The Hall–Kier alpha value is -1.85. The minimum atomic E-state index is -0.257. The molecule has 1 fully saturated rings. The van der Waals surface area contributed by atoms with Gasteiger partial charge < -0.3 is 10.2 Å². The number of fused-ring (bicyclic) bond motifs is 1. The van der Waals surface area contributed by atoms with Crippen molar-refractivity contribution in [3.63, 3.8) is 0 Å². The zero-order chi connectivity index (χ0) is 20.4.